The number of allylic oxidation sites excluding steroid dienone is 8. The zero-order chi connectivity index (χ0) is 43.6. The molecular weight excluding hydrogens is 801 g/mol. The van der Waals surface area contributed by atoms with E-state index in [1.807, 2.05) is 45.0 Å². The molecule has 2 aromatic rings. The second-order valence-corrected chi connectivity index (χ2v) is 20.2. The third kappa shape index (κ3) is 9.51. The molecule has 0 radical (unpaired) electrons. The molecule has 4 amide bonds. The van der Waals surface area contributed by atoms with Gasteiger partial charge in [0.1, 0.15) is 33.6 Å². The molecule has 3 aliphatic heterocycles. The van der Waals surface area contributed by atoms with E-state index in [-0.39, 0.29) is 46.6 Å². The van der Waals surface area contributed by atoms with Gasteiger partial charge in [-0.15, -0.1) is 0 Å². The number of H-pyrrole nitrogens is 2. The first kappa shape index (κ1) is 43.9. The van der Waals surface area contributed by atoms with Crippen LogP contribution in [0.15, 0.2) is 47.8 Å². The fourth-order valence-electron chi connectivity index (χ4n) is 9.53. The van der Waals surface area contributed by atoms with Gasteiger partial charge in [0.25, 0.3) is 0 Å². The average Bonchev–Trinajstić information content (AvgIpc) is 4.09. The minimum Gasteiger partial charge on any atom is -0.453 e. The predicted molar refractivity (Wildman–Crippen MR) is 229 cm³/mol. The fraction of sp³-hybridized carbons (Fsp3) is 0.591. The Balaban J connectivity index is 1.04. The van der Waals surface area contributed by atoms with Crippen molar-refractivity contribution in [1.29, 1.82) is 0 Å². The summed E-state index contributed by atoms with van der Waals surface area (Å²) < 4.78 is 34.4. The molecule has 16 nitrogen and oxygen atoms in total. The first-order valence-electron chi connectivity index (χ1n) is 21.5. The van der Waals surface area contributed by atoms with Gasteiger partial charge in [-0.05, 0) is 97.3 Å². The van der Waals surface area contributed by atoms with Crippen LogP contribution in [0.3, 0.4) is 0 Å². The van der Waals surface area contributed by atoms with Gasteiger partial charge in [0, 0.05) is 13.1 Å². The van der Waals surface area contributed by atoms with E-state index in [0.29, 0.717) is 38.2 Å². The summed E-state index contributed by atoms with van der Waals surface area (Å²) in [6.07, 6.45) is 17.6. The number of nitrogens with zero attached hydrogens (tertiary/aromatic N) is 4. The maximum Gasteiger partial charge on any atom is 0.407 e. The summed E-state index contributed by atoms with van der Waals surface area (Å²) in [5.41, 5.74) is 6.31. The molecule has 3 fully saturated rings. The van der Waals surface area contributed by atoms with Gasteiger partial charge in [0.2, 0.25) is 11.8 Å². The van der Waals surface area contributed by atoms with Crippen LogP contribution >= 0.6 is 0 Å². The zero-order valence-electron chi connectivity index (χ0n) is 36.1. The minimum absolute atomic E-state index is 0.0971. The second kappa shape index (κ2) is 18.0. The predicted octanol–water partition coefficient (Wildman–Crippen LogP) is 5.93. The summed E-state index contributed by atoms with van der Waals surface area (Å²) in [6, 6.07) is -2.09. The number of nitrogens with one attached hydrogen (secondary N) is 4. The topological polar surface area (TPSA) is 209 Å². The number of carbonyl (C=O) groups is 4. The molecule has 4 unspecified atom stereocenters. The first-order chi connectivity index (χ1) is 29.1. The van der Waals surface area contributed by atoms with Gasteiger partial charge in [-0.25, -0.2) is 28.0 Å². The SMILES string of the molecule is COC(=O)NC(C(=O)N1CCCC1c1ncc(C2=CC=C(C3=CC=C(c4cnc(C5CC6(CCS(=O)(=O)CC6)CN5C(=O)C(NC(=O)OC)C(C)C)[nH]4)CC3)CC2)[nH]1)C(C)C. The summed E-state index contributed by atoms with van der Waals surface area (Å²) >= 11 is 0. The van der Waals surface area contributed by atoms with Gasteiger partial charge < -0.3 is 39.9 Å². The van der Waals surface area contributed by atoms with Crippen molar-refractivity contribution in [2.24, 2.45) is 17.3 Å². The van der Waals surface area contributed by atoms with Gasteiger partial charge >= 0.3 is 12.2 Å². The lowest BCUT2D eigenvalue weighted by molar-refractivity contribution is -0.136. The van der Waals surface area contributed by atoms with Crippen LogP contribution in [0.25, 0.3) is 11.1 Å². The van der Waals surface area contributed by atoms with Crippen molar-refractivity contribution in [3.63, 3.8) is 0 Å². The molecule has 0 aromatic carbocycles. The molecule has 1 spiro atoms. The lowest BCUT2D eigenvalue weighted by atomic mass is 9.80. The van der Waals surface area contributed by atoms with Crippen LogP contribution in [0, 0.1) is 17.3 Å². The number of likely N-dealkylation sites (tertiary alicyclic amines) is 2. The Labute approximate surface area is 358 Å². The van der Waals surface area contributed by atoms with Gasteiger partial charge in [-0.3, -0.25) is 9.59 Å². The Bertz CT molecular complexity index is 2240. The van der Waals surface area contributed by atoms with Crippen LogP contribution in [-0.2, 0) is 28.9 Å². The number of amides is 4. The molecule has 5 aliphatic rings. The largest absolute Gasteiger partial charge is 0.453 e. The summed E-state index contributed by atoms with van der Waals surface area (Å²) in [4.78, 5) is 72.1. The number of methoxy groups -OCH3 is 2. The number of hydrogen-bond acceptors (Lipinski definition) is 10. The number of imidazole rings is 2. The molecule has 7 rings (SSSR count). The molecule has 17 heteroatoms. The van der Waals surface area contributed by atoms with Crippen molar-refractivity contribution in [3.05, 3.63) is 70.9 Å². The summed E-state index contributed by atoms with van der Waals surface area (Å²) in [5, 5.41) is 5.42. The number of aromatic amines is 2. The molecular formula is C44H60N8O8S. The molecule has 330 valence electrons. The van der Waals surface area contributed by atoms with E-state index < -0.39 is 40.1 Å². The van der Waals surface area contributed by atoms with Crippen molar-refractivity contribution in [3.8, 4) is 0 Å². The van der Waals surface area contributed by atoms with E-state index in [0.717, 1.165) is 66.9 Å². The number of ether oxygens (including phenoxy) is 2. The Hall–Kier alpha value is -5.19. The van der Waals surface area contributed by atoms with Crippen LogP contribution in [-0.4, -0.2) is 113 Å². The van der Waals surface area contributed by atoms with E-state index in [1.165, 1.54) is 25.4 Å². The van der Waals surface area contributed by atoms with Crippen molar-refractivity contribution in [2.75, 3.05) is 38.8 Å². The van der Waals surface area contributed by atoms with Crippen LogP contribution in [0.5, 0.6) is 0 Å². The van der Waals surface area contributed by atoms with Crippen LogP contribution < -0.4 is 10.6 Å². The second-order valence-electron chi connectivity index (χ2n) is 17.9. The van der Waals surface area contributed by atoms with Gasteiger partial charge in [0.15, 0.2) is 0 Å². The number of carbonyl (C=O) groups excluding carboxylic acids is 4. The van der Waals surface area contributed by atoms with E-state index >= 15 is 0 Å². The van der Waals surface area contributed by atoms with E-state index in [9.17, 15) is 27.6 Å². The maximum atomic E-state index is 14.2. The molecule has 0 bridgehead atoms. The Morgan fingerprint density at radius 1 is 0.721 bits per heavy atom. The average molecular weight is 861 g/mol. The number of rotatable bonds is 11. The lowest BCUT2D eigenvalue weighted by Gasteiger charge is -2.34. The summed E-state index contributed by atoms with van der Waals surface area (Å²) in [5.74, 6) is 0.918. The fourth-order valence-corrected chi connectivity index (χ4v) is 11.2. The van der Waals surface area contributed by atoms with Gasteiger partial charge in [-0.2, -0.15) is 0 Å². The zero-order valence-corrected chi connectivity index (χ0v) is 36.9. The smallest absolute Gasteiger partial charge is 0.407 e. The van der Waals surface area contributed by atoms with E-state index in [4.69, 9.17) is 19.4 Å². The highest BCUT2D eigenvalue weighted by molar-refractivity contribution is 7.91. The Morgan fingerprint density at radius 2 is 1.18 bits per heavy atom. The normalized spacial score (nSPS) is 23.2. The van der Waals surface area contributed by atoms with Crippen molar-refractivity contribution in [2.45, 2.75) is 110 Å². The van der Waals surface area contributed by atoms with Gasteiger partial charge in [-0.1, -0.05) is 52.0 Å². The van der Waals surface area contributed by atoms with E-state index in [1.54, 1.807) is 4.90 Å². The quantitative estimate of drug-likeness (QED) is 0.209. The first-order valence-corrected chi connectivity index (χ1v) is 23.3. The Kier molecular flexibility index (Phi) is 13.0. The Morgan fingerprint density at radius 3 is 1.64 bits per heavy atom. The van der Waals surface area contributed by atoms with Crippen LogP contribution in [0.2, 0.25) is 0 Å². The number of alkyl carbamates (subject to hydrolysis) is 2. The standard InChI is InChI=1S/C44H60N8O8S/c1-26(2)36(49-42(55)59-5)40(53)51-19-7-8-34(51)38-45-23-32(47-38)30-13-9-28(10-14-30)29-11-15-31(16-12-29)33-24-46-39(48-33)35-22-44(17-20-61(57,58)21-18-44)25-52(35)41(54)37(27(3)4)50-43(56)60-6/h9,11,13,15,23-24,26-27,34-37H,7-8,10,12,14,16-22,25H2,1-6H3,(H,45,47)(H,46,48)(H,49,55)(H,50,56). The molecule has 2 aliphatic carbocycles. The maximum absolute atomic E-state index is 14.2. The monoisotopic (exact) mass is 860 g/mol. The highest BCUT2D eigenvalue weighted by atomic mass is 32.2. The van der Waals surface area contributed by atoms with Crippen LogP contribution in [0.4, 0.5) is 9.59 Å². The number of sulfone groups is 1. The molecule has 2 aromatic heterocycles. The minimum atomic E-state index is -3.12. The molecule has 5 heterocycles. The third-order valence-electron chi connectivity index (χ3n) is 13.2. The van der Waals surface area contributed by atoms with Crippen molar-refractivity contribution >= 4 is 45.0 Å². The van der Waals surface area contributed by atoms with Crippen molar-refractivity contribution in [1.82, 2.24) is 40.4 Å². The summed E-state index contributed by atoms with van der Waals surface area (Å²) in [6.45, 7) is 8.54. The number of hydrogen-bond donors (Lipinski definition) is 4. The third-order valence-corrected chi connectivity index (χ3v) is 14.9. The molecule has 3 saturated heterocycles. The molecule has 61 heavy (non-hydrogen) atoms. The molecule has 4 atom stereocenters. The van der Waals surface area contributed by atoms with E-state index in [2.05, 4.69) is 44.9 Å². The molecule has 0 saturated carbocycles. The van der Waals surface area contributed by atoms with Gasteiger partial charge in [0.05, 0.1) is 61.6 Å². The number of aromatic nitrogens is 4. The molecule has 4 N–H and O–H groups in total. The lowest BCUT2D eigenvalue weighted by Crippen LogP contribution is -2.51. The summed E-state index contributed by atoms with van der Waals surface area (Å²) in [7, 11) is -0.559. The highest BCUT2D eigenvalue weighted by Crippen LogP contribution is 2.49. The highest BCUT2D eigenvalue weighted by Gasteiger charge is 2.51. The van der Waals surface area contributed by atoms with Crippen molar-refractivity contribution < 1.29 is 37.1 Å². The van der Waals surface area contributed by atoms with Crippen LogP contribution in [0.1, 0.15) is 121 Å².